The summed E-state index contributed by atoms with van der Waals surface area (Å²) in [4.78, 5) is 39.4. The van der Waals surface area contributed by atoms with Gasteiger partial charge in [0, 0.05) is 39.9 Å². The quantitative estimate of drug-likeness (QED) is 0.162. The van der Waals surface area contributed by atoms with Crippen molar-refractivity contribution in [1.29, 1.82) is 0 Å². The van der Waals surface area contributed by atoms with Gasteiger partial charge in [-0.3, -0.25) is 19.7 Å². The first kappa shape index (κ1) is 23.1. The maximum Gasteiger partial charge on any atom is 0.287 e. The molecular weight excluding hydrogens is 446 g/mol. The number of rotatable bonds is 7. The summed E-state index contributed by atoms with van der Waals surface area (Å²) in [5.74, 6) is -1.07. The first-order chi connectivity index (χ1) is 16.9. The number of benzene rings is 3. The number of carbonyl (C=O) groups excluding carboxylic acids is 2. The lowest BCUT2D eigenvalue weighted by Gasteiger charge is -2.09. The molecule has 35 heavy (non-hydrogen) atoms. The average molecular weight is 467 g/mol. The van der Waals surface area contributed by atoms with Crippen molar-refractivity contribution in [3.05, 3.63) is 117 Å². The van der Waals surface area contributed by atoms with Crippen LogP contribution in [0.4, 0.5) is 5.69 Å². The highest BCUT2D eigenvalue weighted by Crippen LogP contribution is 2.25. The van der Waals surface area contributed by atoms with Gasteiger partial charge in [-0.15, -0.1) is 0 Å². The molecule has 9 heteroatoms. The first-order valence-corrected chi connectivity index (χ1v) is 10.7. The average Bonchev–Trinajstić information content (AvgIpc) is 3.18. The summed E-state index contributed by atoms with van der Waals surface area (Å²) in [5, 5.41) is 18.4. The minimum absolute atomic E-state index is 0.00786. The fraction of sp³-hybridized carbons (Fsp3) is 0.0385. The molecule has 0 atom stereocenters. The molecule has 1 heterocycles. The molecule has 0 spiro atoms. The third-order valence-electron chi connectivity index (χ3n) is 5.23. The van der Waals surface area contributed by atoms with Crippen molar-refractivity contribution in [2.75, 3.05) is 0 Å². The molecular formula is C26H21N5O4. The van der Waals surface area contributed by atoms with Crippen LogP contribution in [0.5, 0.6) is 0 Å². The maximum absolute atomic E-state index is 12.9. The van der Waals surface area contributed by atoms with E-state index in [1.807, 2.05) is 18.2 Å². The zero-order valence-corrected chi connectivity index (χ0v) is 18.7. The number of amides is 2. The number of nitro benzene ring substituents is 1. The van der Waals surface area contributed by atoms with E-state index in [2.05, 4.69) is 20.8 Å². The van der Waals surface area contributed by atoms with Crippen molar-refractivity contribution in [3.8, 4) is 0 Å². The van der Waals surface area contributed by atoms with Crippen molar-refractivity contribution in [1.82, 2.24) is 15.7 Å². The number of fused-ring (bicyclic) bond motifs is 1. The van der Waals surface area contributed by atoms with Crippen LogP contribution in [0.25, 0.3) is 17.0 Å². The summed E-state index contributed by atoms with van der Waals surface area (Å²) in [6.45, 7) is 1.80. The molecule has 0 saturated heterocycles. The monoisotopic (exact) mass is 467 g/mol. The van der Waals surface area contributed by atoms with Crippen molar-refractivity contribution in [2.24, 2.45) is 5.10 Å². The summed E-state index contributed by atoms with van der Waals surface area (Å²) >= 11 is 0. The zero-order valence-electron chi connectivity index (χ0n) is 18.7. The van der Waals surface area contributed by atoms with Crippen LogP contribution < -0.4 is 10.7 Å². The van der Waals surface area contributed by atoms with Gasteiger partial charge < -0.3 is 10.3 Å². The Kier molecular flexibility index (Phi) is 6.78. The van der Waals surface area contributed by atoms with Crippen molar-refractivity contribution in [2.45, 2.75) is 6.92 Å². The molecule has 0 aliphatic rings. The molecule has 0 aliphatic carbocycles. The van der Waals surface area contributed by atoms with Gasteiger partial charge in [0.05, 0.1) is 11.1 Å². The SMILES string of the molecule is Cc1[nH]c2ccc([N+](=O)[O-])cc2c1/C=N/NC(=O)/C(=C\c1ccccc1)NC(=O)c1ccccc1. The number of aryl methyl sites for hydroxylation is 1. The molecule has 0 saturated carbocycles. The van der Waals surface area contributed by atoms with E-state index < -0.39 is 16.7 Å². The number of nitro groups is 1. The van der Waals surface area contributed by atoms with Crippen molar-refractivity contribution in [3.63, 3.8) is 0 Å². The van der Waals surface area contributed by atoms with E-state index in [9.17, 15) is 19.7 Å². The van der Waals surface area contributed by atoms with Crippen LogP contribution in [0, 0.1) is 17.0 Å². The van der Waals surface area contributed by atoms with Gasteiger partial charge in [-0.05, 0) is 36.8 Å². The lowest BCUT2D eigenvalue weighted by atomic mass is 10.1. The number of H-pyrrole nitrogens is 1. The topological polar surface area (TPSA) is 129 Å². The number of hydrogen-bond acceptors (Lipinski definition) is 5. The Morgan fingerprint density at radius 3 is 2.37 bits per heavy atom. The van der Waals surface area contributed by atoms with E-state index >= 15 is 0 Å². The number of nitrogens with zero attached hydrogens (tertiary/aromatic N) is 2. The fourth-order valence-corrected chi connectivity index (χ4v) is 3.49. The van der Waals surface area contributed by atoms with Gasteiger partial charge in [0.15, 0.2) is 0 Å². The van der Waals surface area contributed by atoms with Crippen LogP contribution in [0.15, 0.2) is 89.7 Å². The molecule has 4 aromatic rings. The molecule has 0 radical (unpaired) electrons. The normalized spacial score (nSPS) is 11.5. The highest BCUT2D eigenvalue weighted by atomic mass is 16.6. The number of non-ortho nitro benzene ring substituents is 1. The second-order valence-electron chi connectivity index (χ2n) is 7.64. The zero-order chi connectivity index (χ0) is 24.8. The largest absolute Gasteiger partial charge is 0.358 e. The predicted octanol–water partition coefficient (Wildman–Crippen LogP) is 4.31. The molecule has 2 amide bonds. The Hall–Kier alpha value is -5.05. The van der Waals surface area contributed by atoms with Crippen LogP contribution in [-0.4, -0.2) is 27.9 Å². The van der Waals surface area contributed by atoms with E-state index in [0.29, 0.717) is 22.0 Å². The summed E-state index contributed by atoms with van der Waals surface area (Å²) in [5.41, 5.74) is 5.55. The van der Waals surface area contributed by atoms with Crippen molar-refractivity contribution < 1.29 is 14.5 Å². The number of aromatic nitrogens is 1. The van der Waals surface area contributed by atoms with Crippen LogP contribution in [0.3, 0.4) is 0 Å². The standard InChI is InChI=1S/C26H21N5O4/c1-17-22(21-15-20(31(34)35)12-13-23(21)28-17)16-27-30-26(33)24(14-18-8-4-2-5-9-18)29-25(32)19-10-6-3-7-11-19/h2-16,28H,1H3,(H,29,32)(H,30,33)/b24-14+,27-16+. The molecule has 1 aromatic heterocycles. The second-order valence-corrected chi connectivity index (χ2v) is 7.64. The number of hydrogen-bond donors (Lipinski definition) is 3. The molecule has 0 fully saturated rings. The fourth-order valence-electron chi connectivity index (χ4n) is 3.49. The molecule has 9 nitrogen and oxygen atoms in total. The molecule has 3 N–H and O–H groups in total. The van der Waals surface area contributed by atoms with Gasteiger partial charge in [-0.2, -0.15) is 5.10 Å². The number of hydrazone groups is 1. The second kappa shape index (κ2) is 10.3. The first-order valence-electron chi connectivity index (χ1n) is 10.7. The molecule has 0 bridgehead atoms. The van der Waals surface area contributed by atoms with Gasteiger partial charge in [0.2, 0.25) is 0 Å². The Bertz CT molecular complexity index is 1460. The molecule has 0 aliphatic heterocycles. The highest BCUT2D eigenvalue weighted by Gasteiger charge is 2.15. The van der Waals surface area contributed by atoms with Crippen LogP contribution in [0.1, 0.15) is 27.2 Å². The summed E-state index contributed by atoms with van der Waals surface area (Å²) in [7, 11) is 0. The van der Waals surface area contributed by atoms with E-state index in [1.165, 1.54) is 18.3 Å². The number of aromatic amines is 1. The maximum atomic E-state index is 12.9. The molecule has 0 unspecified atom stereocenters. The van der Waals surface area contributed by atoms with Gasteiger partial charge >= 0.3 is 0 Å². The van der Waals surface area contributed by atoms with Crippen LogP contribution in [0.2, 0.25) is 0 Å². The lowest BCUT2D eigenvalue weighted by molar-refractivity contribution is -0.384. The number of nitrogens with one attached hydrogen (secondary N) is 3. The Labute approximate surface area is 200 Å². The third kappa shape index (κ3) is 5.48. The van der Waals surface area contributed by atoms with Crippen LogP contribution in [-0.2, 0) is 4.79 Å². The summed E-state index contributed by atoms with van der Waals surface area (Å²) < 4.78 is 0. The minimum Gasteiger partial charge on any atom is -0.358 e. The predicted molar refractivity (Wildman–Crippen MR) is 134 cm³/mol. The smallest absolute Gasteiger partial charge is 0.287 e. The van der Waals surface area contributed by atoms with E-state index in [1.54, 1.807) is 61.5 Å². The summed E-state index contributed by atoms with van der Waals surface area (Å²) in [6, 6.07) is 22.1. The van der Waals surface area contributed by atoms with Gasteiger partial charge in [-0.1, -0.05) is 48.5 Å². The Balaban J connectivity index is 1.58. The van der Waals surface area contributed by atoms with E-state index in [0.717, 1.165) is 11.3 Å². The summed E-state index contributed by atoms with van der Waals surface area (Å²) in [6.07, 6.45) is 2.96. The molecule has 174 valence electrons. The number of carbonyl (C=O) groups is 2. The highest BCUT2D eigenvalue weighted by molar-refractivity contribution is 6.06. The van der Waals surface area contributed by atoms with Gasteiger partial charge in [-0.25, -0.2) is 5.43 Å². The van der Waals surface area contributed by atoms with Crippen LogP contribution >= 0.6 is 0 Å². The van der Waals surface area contributed by atoms with E-state index in [-0.39, 0.29) is 11.4 Å². The Morgan fingerprint density at radius 1 is 1.00 bits per heavy atom. The molecule has 3 aromatic carbocycles. The molecule has 4 rings (SSSR count). The Morgan fingerprint density at radius 2 is 1.69 bits per heavy atom. The third-order valence-corrected chi connectivity index (χ3v) is 5.23. The lowest BCUT2D eigenvalue weighted by Crippen LogP contribution is -2.32. The van der Waals surface area contributed by atoms with Gasteiger partial charge in [0.25, 0.3) is 17.5 Å². The van der Waals surface area contributed by atoms with E-state index in [4.69, 9.17) is 0 Å². The van der Waals surface area contributed by atoms with Crippen molar-refractivity contribution >= 4 is 40.7 Å². The van der Waals surface area contributed by atoms with Gasteiger partial charge in [0.1, 0.15) is 5.70 Å². The minimum atomic E-state index is -0.627.